The first-order valence-corrected chi connectivity index (χ1v) is 5.25. The Morgan fingerprint density at radius 3 is 2.50 bits per heavy atom. The number of carbonyl (C=O) groups excluding carboxylic acids is 1. The van der Waals surface area contributed by atoms with E-state index in [-0.39, 0.29) is 5.91 Å². The molecule has 0 bridgehead atoms. The number of hydrogen-bond donors (Lipinski definition) is 1. The lowest BCUT2D eigenvalue weighted by Crippen LogP contribution is -2.60. The second-order valence-corrected chi connectivity index (χ2v) is 4.48. The molecule has 1 amide bonds. The molecule has 1 saturated heterocycles. The Morgan fingerprint density at radius 1 is 1.57 bits per heavy atom. The fourth-order valence-electron chi connectivity index (χ4n) is 1.99. The summed E-state index contributed by atoms with van der Waals surface area (Å²) in [6, 6.07) is 0.450. The molecule has 2 rings (SSSR count). The highest BCUT2D eigenvalue weighted by Gasteiger charge is 2.47. The minimum Gasteiger partial charge on any atom is -0.379 e. The summed E-state index contributed by atoms with van der Waals surface area (Å²) in [5, 5.41) is 0. The molecule has 0 unspecified atom stereocenters. The number of nitrogens with two attached hydrogens (primary N) is 1. The highest BCUT2D eigenvalue weighted by molar-refractivity contribution is 5.84. The summed E-state index contributed by atoms with van der Waals surface area (Å²) in [7, 11) is 1.89. The summed E-state index contributed by atoms with van der Waals surface area (Å²) in [4.78, 5) is 14.0. The van der Waals surface area contributed by atoms with Gasteiger partial charge in [-0.05, 0) is 19.3 Å². The average Bonchev–Trinajstić information content (AvgIpc) is 1.99. The van der Waals surface area contributed by atoms with Crippen LogP contribution in [0, 0.1) is 5.41 Å². The van der Waals surface area contributed by atoms with Crippen LogP contribution < -0.4 is 5.73 Å². The maximum absolute atomic E-state index is 12.1. The Hall–Kier alpha value is -0.610. The number of hydrogen-bond acceptors (Lipinski definition) is 3. The van der Waals surface area contributed by atoms with E-state index >= 15 is 0 Å². The van der Waals surface area contributed by atoms with Gasteiger partial charge in [0.05, 0.1) is 13.2 Å². The molecule has 2 aliphatic rings. The van der Waals surface area contributed by atoms with Crippen molar-refractivity contribution in [2.75, 3.05) is 26.8 Å². The zero-order valence-electron chi connectivity index (χ0n) is 8.66. The molecule has 0 atom stereocenters. The van der Waals surface area contributed by atoms with Crippen molar-refractivity contribution in [2.45, 2.75) is 25.3 Å². The molecule has 14 heavy (non-hydrogen) atoms. The van der Waals surface area contributed by atoms with Crippen LogP contribution in [0.1, 0.15) is 19.3 Å². The van der Waals surface area contributed by atoms with E-state index in [1.165, 1.54) is 6.42 Å². The van der Waals surface area contributed by atoms with Crippen LogP contribution in [0.5, 0.6) is 0 Å². The van der Waals surface area contributed by atoms with Crippen molar-refractivity contribution in [1.29, 1.82) is 0 Å². The molecule has 80 valence electrons. The standard InChI is InChI=1S/C10H18N2O2/c1-12(8-3-2-4-8)9(13)10(5-11)6-14-7-10/h8H,2-7,11H2,1H3. The van der Waals surface area contributed by atoms with Crippen LogP contribution in [-0.2, 0) is 9.53 Å². The summed E-state index contributed by atoms with van der Waals surface area (Å²) in [6.07, 6.45) is 3.53. The number of nitrogens with zero attached hydrogens (tertiary/aromatic N) is 1. The van der Waals surface area contributed by atoms with Crippen molar-refractivity contribution in [3.63, 3.8) is 0 Å². The van der Waals surface area contributed by atoms with Gasteiger partial charge in [0, 0.05) is 19.6 Å². The highest BCUT2D eigenvalue weighted by atomic mass is 16.5. The fraction of sp³-hybridized carbons (Fsp3) is 0.900. The summed E-state index contributed by atoms with van der Waals surface area (Å²) in [5.41, 5.74) is 5.24. The first kappa shape index (κ1) is 9.93. The minimum absolute atomic E-state index is 0.177. The Labute approximate surface area is 84.4 Å². The molecular formula is C10H18N2O2. The van der Waals surface area contributed by atoms with Crippen molar-refractivity contribution in [1.82, 2.24) is 4.90 Å². The molecule has 2 N–H and O–H groups in total. The van der Waals surface area contributed by atoms with E-state index in [1.807, 2.05) is 11.9 Å². The van der Waals surface area contributed by atoms with Crippen LogP contribution in [0.15, 0.2) is 0 Å². The van der Waals surface area contributed by atoms with Crippen molar-refractivity contribution < 1.29 is 9.53 Å². The summed E-state index contributed by atoms with van der Waals surface area (Å²) in [6.45, 7) is 1.40. The van der Waals surface area contributed by atoms with Crippen molar-refractivity contribution in [2.24, 2.45) is 11.1 Å². The third-order valence-electron chi connectivity index (χ3n) is 3.54. The van der Waals surface area contributed by atoms with Crippen LogP contribution in [0.4, 0.5) is 0 Å². The molecule has 1 saturated carbocycles. The number of carbonyl (C=O) groups is 1. The lowest BCUT2D eigenvalue weighted by atomic mass is 9.82. The number of amides is 1. The van der Waals surface area contributed by atoms with Crippen LogP contribution >= 0.6 is 0 Å². The van der Waals surface area contributed by atoms with Gasteiger partial charge in [-0.15, -0.1) is 0 Å². The molecule has 0 aromatic heterocycles. The van der Waals surface area contributed by atoms with Gasteiger partial charge in [0.1, 0.15) is 5.41 Å². The molecule has 0 spiro atoms. The Bertz CT molecular complexity index is 229. The molecule has 0 aromatic carbocycles. The maximum Gasteiger partial charge on any atom is 0.234 e. The predicted octanol–water partition coefficient (Wildman–Crippen LogP) is -0.0274. The fourth-order valence-corrected chi connectivity index (χ4v) is 1.99. The van der Waals surface area contributed by atoms with Crippen LogP contribution in [-0.4, -0.2) is 43.7 Å². The third kappa shape index (κ3) is 1.33. The second-order valence-electron chi connectivity index (χ2n) is 4.48. The maximum atomic E-state index is 12.1. The van der Waals surface area contributed by atoms with Gasteiger partial charge in [0.15, 0.2) is 0 Å². The van der Waals surface area contributed by atoms with Gasteiger partial charge in [-0.25, -0.2) is 0 Å². The SMILES string of the molecule is CN(C(=O)C1(CN)COC1)C1CCC1. The van der Waals surface area contributed by atoms with E-state index in [1.54, 1.807) is 0 Å². The van der Waals surface area contributed by atoms with E-state index in [0.717, 1.165) is 12.8 Å². The Morgan fingerprint density at radius 2 is 2.21 bits per heavy atom. The van der Waals surface area contributed by atoms with Gasteiger partial charge in [0.2, 0.25) is 5.91 Å². The molecule has 0 aromatic rings. The summed E-state index contributed by atoms with van der Waals surface area (Å²) in [5.74, 6) is 0.177. The lowest BCUT2D eigenvalue weighted by molar-refractivity contribution is -0.172. The van der Waals surface area contributed by atoms with Gasteiger partial charge in [-0.3, -0.25) is 4.79 Å². The first-order chi connectivity index (χ1) is 6.69. The van der Waals surface area contributed by atoms with Gasteiger partial charge in [-0.1, -0.05) is 0 Å². The molecule has 0 radical (unpaired) electrons. The van der Waals surface area contributed by atoms with Crippen molar-refractivity contribution in [3.05, 3.63) is 0 Å². The minimum atomic E-state index is -0.398. The smallest absolute Gasteiger partial charge is 0.234 e. The first-order valence-electron chi connectivity index (χ1n) is 5.25. The van der Waals surface area contributed by atoms with Gasteiger partial charge >= 0.3 is 0 Å². The zero-order valence-corrected chi connectivity index (χ0v) is 8.66. The number of rotatable bonds is 3. The van der Waals surface area contributed by atoms with E-state index in [2.05, 4.69) is 0 Å². The molecular weight excluding hydrogens is 180 g/mol. The normalized spacial score (nSPS) is 25.0. The van der Waals surface area contributed by atoms with E-state index in [9.17, 15) is 4.79 Å². The lowest BCUT2D eigenvalue weighted by Gasteiger charge is -2.45. The van der Waals surface area contributed by atoms with Crippen molar-refractivity contribution >= 4 is 5.91 Å². The number of ether oxygens (including phenoxy) is 1. The van der Waals surface area contributed by atoms with Gasteiger partial charge < -0.3 is 15.4 Å². The quantitative estimate of drug-likeness (QED) is 0.693. The van der Waals surface area contributed by atoms with Crippen LogP contribution in [0.2, 0.25) is 0 Å². The summed E-state index contributed by atoms with van der Waals surface area (Å²) < 4.78 is 5.10. The second kappa shape index (κ2) is 3.51. The van der Waals surface area contributed by atoms with Crippen molar-refractivity contribution in [3.8, 4) is 0 Å². The Balaban J connectivity index is 1.98. The third-order valence-corrected chi connectivity index (χ3v) is 3.54. The molecule has 2 fully saturated rings. The van der Waals surface area contributed by atoms with Gasteiger partial charge in [-0.2, -0.15) is 0 Å². The van der Waals surface area contributed by atoms with E-state index < -0.39 is 5.41 Å². The Kier molecular flexibility index (Phi) is 2.49. The largest absolute Gasteiger partial charge is 0.379 e. The van der Waals surface area contributed by atoms with E-state index in [0.29, 0.717) is 25.8 Å². The average molecular weight is 198 g/mol. The topological polar surface area (TPSA) is 55.6 Å². The monoisotopic (exact) mass is 198 g/mol. The van der Waals surface area contributed by atoms with E-state index in [4.69, 9.17) is 10.5 Å². The molecule has 4 nitrogen and oxygen atoms in total. The molecule has 1 aliphatic carbocycles. The predicted molar refractivity (Wildman–Crippen MR) is 52.7 cm³/mol. The molecule has 4 heteroatoms. The summed E-state index contributed by atoms with van der Waals surface area (Å²) >= 11 is 0. The van der Waals surface area contributed by atoms with Crippen LogP contribution in [0.3, 0.4) is 0 Å². The van der Waals surface area contributed by atoms with Crippen LogP contribution in [0.25, 0.3) is 0 Å². The zero-order chi connectivity index (χ0) is 10.2. The highest BCUT2D eigenvalue weighted by Crippen LogP contribution is 2.32. The molecule has 1 heterocycles. The van der Waals surface area contributed by atoms with Gasteiger partial charge in [0.25, 0.3) is 0 Å². The molecule has 1 aliphatic heterocycles.